The maximum absolute atomic E-state index is 13.9. The Labute approximate surface area is 252 Å². The van der Waals surface area contributed by atoms with Gasteiger partial charge in [-0.15, -0.1) is 17.5 Å². The highest BCUT2D eigenvalue weighted by atomic mass is 35.5. The topological polar surface area (TPSA) is 184 Å². The number of benzene rings is 2. The SMILES string of the molecule is COc1c(C(=O)N(C(N)=O)C(=O)N(C(=O)N=O)C2(S)CC(=O)CCO2)nn(-c2ccccc2Cl)c1-c1ccc(Cl)cc1. The van der Waals surface area contributed by atoms with Gasteiger partial charge < -0.3 is 15.2 Å². The molecule has 218 valence electrons. The van der Waals surface area contributed by atoms with Crippen LogP contribution in [-0.2, 0) is 9.53 Å². The van der Waals surface area contributed by atoms with Crippen LogP contribution in [0.2, 0.25) is 10.0 Å². The van der Waals surface area contributed by atoms with Crippen molar-refractivity contribution in [1.82, 2.24) is 19.6 Å². The maximum atomic E-state index is 13.9. The van der Waals surface area contributed by atoms with Gasteiger partial charge in [0.1, 0.15) is 11.5 Å². The molecule has 1 aliphatic rings. The van der Waals surface area contributed by atoms with Crippen molar-refractivity contribution in [2.75, 3.05) is 13.7 Å². The number of rotatable bonds is 5. The number of primary amides is 1. The fraction of sp³-hybridized carbons (Fsp3) is 0.200. The minimum absolute atomic E-state index is 0.0412. The first-order valence-electron chi connectivity index (χ1n) is 11.8. The van der Waals surface area contributed by atoms with Crippen LogP contribution in [0.1, 0.15) is 23.3 Å². The molecular weight excluding hydrogens is 615 g/mol. The Balaban J connectivity index is 1.90. The molecule has 1 aromatic heterocycles. The number of methoxy groups -OCH3 is 1. The quantitative estimate of drug-likeness (QED) is 0.229. The van der Waals surface area contributed by atoms with Gasteiger partial charge in [-0.3, -0.25) is 9.59 Å². The number of halogens is 2. The van der Waals surface area contributed by atoms with Crippen LogP contribution >= 0.6 is 35.8 Å². The van der Waals surface area contributed by atoms with Crippen molar-refractivity contribution in [2.45, 2.75) is 17.9 Å². The van der Waals surface area contributed by atoms with Gasteiger partial charge in [-0.2, -0.15) is 10.00 Å². The third-order valence-electron chi connectivity index (χ3n) is 6.01. The summed E-state index contributed by atoms with van der Waals surface area (Å²) in [7, 11) is 1.21. The highest BCUT2D eigenvalue weighted by Crippen LogP contribution is 2.39. The molecule has 0 radical (unpaired) electrons. The van der Waals surface area contributed by atoms with E-state index in [1.807, 2.05) is 0 Å². The number of urea groups is 3. The van der Waals surface area contributed by atoms with E-state index >= 15 is 0 Å². The van der Waals surface area contributed by atoms with Gasteiger partial charge in [-0.25, -0.2) is 24.0 Å². The number of carbonyl (C=O) groups is 5. The number of nitroso groups, excluding NO2 is 1. The van der Waals surface area contributed by atoms with Gasteiger partial charge in [0.2, 0.25) is 5.06 Å². The summed E-state index contributed by atoms with van der Waals surface area (Å²) in [5, 5.41) is 4.74. The maximum Gasteiger partial charge on any atom is 0.392 e. The predicted molar refractivity (Wildman–Crippen MR) is 152 cm³/mol. The number of aromatic nitrogens is 2. The molecular formula is C25H20Cl2N6O8S. The number of Topliss-reactive ketones (excluding diaryl/α,β-unsaturated/α-hetero) is 1. The van der Waals surface area contributed by atoms with Crippen molar-refractivity contribution in [3.63, 3.8) is 0 Å². The summed E-state index contributed by atoms with van der Waals surface area (Å²) in [4.78, 5) is 75.6. The normalized spacial score (nSPS) is 16.4. The van der Waals surface area contributed by atoms with Crippen molar-refractivity contribution in [3.05, 3.63) is 69.2 Å². The molecule has 2 N–H and O–H groups in total. The molecule has 4 rings (SSSR count). The molecule has 1 aliphatic heterocycles. The summed E-state index contributed by atoms with van der Waals surface area (Å²) in [5.74, 6) is -2.18. The number of ketones is 1. The predicted octanol–water partition coefficient (Wildman–Crippen LogP) is 4.65. The molecule has 1 saturated heterocycles. The highest BCUT2D eigenvalue weighted by molar-refractivity contribution is 7.81. The van der Waals surface area contributed by atoms with E-state index in [2.05, 4.69) is 22.9 Å². The number of hydrogen-bond acceptors (Lipinski definition) is 10. The van der Waals surface area contributed by atoms with Gasteiger partial charge in [0.05, 0.1) is 30.8 Å². The largest absolute Gasteiger partial charge is 0.492 e. The zero-order chi connectivity index (χ0) is 30.8. The minimum Gasteiger partial charge on any atom is -0.492 e. The molecule has 3 aromatic rings. The smallest absolute Gasteiger partial charge is 0.392 e. The number of amides is 7. The van der Waals surface area contributed by atoms with Gasteiger partial charge in [0, 0.05) is 22.2 Å². The van der Waals surface area contributed by atoms with Crippen molar-refractivity contribution in [1.29, 1.82) is 0 Å². The summed E-state index contributed by atoms with van der Waals surface area (Å²) >= 11 is 16.6. The van der Waals surface area contributed by atoms with Crippen molar-refractivity contribution >= 4 is 65.6 Å². The Hall–Kier alpha value is -4.31. The molecule has 0 bridgehead atoms. The number of nitrogens with two attached hydrogens (primary N) is 1. The highest BCUT2D eigenvalue weighted by Gasteiger charge is 2.50. The fourth-order valence-electron chi connectivity index (χ4n) is 4.17. The lowest BCUT2D eigenvalue weighted by Gasteiger charge is -2.39. The van der Waals surface area contributed by atoms with Gasteiger partial charge in [0.15, 0.2) is 11.4 Å². The van der Waals surface area contributed by atoms with Crippen molar-refractivity contribution in [3.8, 4) is 22.7 Å². The van der Waals surface area contributed by atoms with Crippen LogP contribution in [0, 0.1) is 4.91 Å². The fourth-order valence-corrected chi connectivity index (χ4v) is 4.95. The second-order valence-corrected chi connectivity index (χ2v) is 10.2. The Morgan fingerprint density at radius 1 is 1.14 bits per heavy atom. The zero-order valence-corrected chi connectivity index (χ0v) is 23.9. The lowest BCUT2D eigenvalue weighted by atomic mass is 10.1. The molecule has 2 heterocycles. The van der Waals surface area contributed by atoms with Crippen LogP contribution < -0.4 is 10.5 Å². The molecule has 0 spiro atoms. The van der Waals surface area contributed by atoms with E-state index in [-0.39, 0.29) is 45.0 Å². The van der Waals surface area contributed by atoms with Crippen LogP contribution in [0.4, 0.5) is 14.4 Å². The van der Waals surface area contributed by atoms with Crippen LogP contribution in [0.3, 0.4) is 0 Å². The van der Waals surface area contributed by atoms with E-state index in [9.17, 15) is 28.9 Å². The Kier molecular flexibility index (Phi) is 8.96. The number of nitrogens with zero attached hydrogens (tertiary/aromatic N) is 5. The zero-order valence-electron chi connectivity index (χ0n) is 21.5. The molecule has 0 saturated carbocycles. The van der Waals surface area contributed by atoms with E-state index in [0.29, 0.717) is 10.6 Å². The average molecular weight is 635 g/mol. The van der Waals surface area contributed by atoms with E-state index in [0.717, 1.165) is 0 Å². The first-order chi connectivity index (χ1) is 19.9. The van der Waals surface area contributed by atoms with Crippen LogP contribution in [0.15, 0.2) is 53.7 Å². The number of carbonyl (C=O) groups excluding carboxylic acids is 5. The lowest BCUT2D eigenvalue weighted by Crippen LogP contribution is -2.61. The molecule has 1 atom stereocenters. The first kappa shape index (κ1) is 30.6. The number of thiol groups is 1. The van der Waals surface area contributed by atoms with Crippen LogP contribution in [0.5, 0.6) is 5.75 Å². The number of ether oxygens (including phenoxy) is 2. The minimum atomic E-state index is -2.36. The van der Waals surface area contributed by atoms with E-state index in [4.69, 9.17) is 38.4 Å². The van der Waals surface area contributed by atoms with Crippen molar-refractivity contribution in [2.24, 2.45) is 10.9 Å². The van der Waals surface area contributed by atoms with Gasteiger partial charge in [0.25, 0.3) is 5.91 Å². The first-order valence-corrected chi connectivity index (χ1v) is 13.0. The molecule has 17 heteroatoms. The molecule has 0 aliphatic carbocycles. The van der Waals surface area contributed by atoms with Crippen molar-refractivity contribution < 1.29 is 33.4 Å². The summed E-state index contributed by atoms with van der Waals surface area (Å²) in [5.41, 5.74) is 5.67. The summed E-state index contributed by atoms with van der Waals surface area (Å²) < 4.78 is 12.1. The number of para-hydroxylation sites is 1. The second-order valence-electron chi connectivity index (χ2n) is 8.63. The van der Waals surface area contributed by atoms with E-state index in [1.165, 1.54) is 11.8 Å². The third-order valence-corrected chi connectivity index (χ3v) is 7.07. The summed E-state index contributed by atoms with van der Waals surface area (Å²) in [6, 6.07) is 7.52. The van der Waals surface area contributed by atoms with Crippen LogP contribution in [-0.4, -0.2) is 68.1 Å². The third kappa shape index (κ3) is 5.72. The van der Waals surface area contributed by atoms with Gasteiger partial charge in [-0.05, 0) is 24.3 Å². The number of hydrogen-bond donors (Lipinski definition) is 2. The molecule has 42 heavy (non-hydrogen) atoms. The molecule has 1 fully saturated rings. The van der Waals surface area contributed by atoms with Gasteiger partial charge >= 0.3 is 18.1 Å². The Morgan fingerprint density at radius 3 is 2.38 bits per heavy atom. The Bertz CT molecular complexity index is 1610. The van der Waals surface area contributed by atoms with Gasteiger partial charge in [-0.1, -0.05) is 47.5 Å². The Morgan fingerprint density at radius 2 is 1.81 bits per heavy atom. The van der Waals surface area contributed by atoms with E-state index in [1.54, 1.807) is 48.5 Å². The number of imide groups is 4. The average Bonchev–Trinajstić information content (AvgIpc) is 3.32. The summed E-state index contributed by atoms with van der Waals surface area (Å²) in [6.07, 6.45) is -0.745. The standard InChI is InChI=1S/C25H20Cl2N6O8S/c1-40-20-18(29-33(17-5-3-2-4-16(17)27)19(20)13-6-8-14(26)9-7-13)21(35)31(22(28)36)24(38)32(23(37)30-39)25(42)12-15(34)10-11-41-25/h2-9,42H,10-12H2,1H3,(H2,28,36). The lowest BCUT2D eigenvalue weighted by molar-refractivity contribution is -0.138. The second kappa shape index (κ2) is 12.3. The molecule has 2 aromatic carbocycles. The van der Waals surface area contributed by atoms with E-state index < -0.39 is 47.0 Å². The molecule has 7 amide bonds. The summed E-state index contributed by atoms with van der Waals surface area (Å²) in [6.45, 7) is -0.288. The molecule has 1 unspecified atom stereocenters. The van der Waals surface area contributed by atoms with Crippen LogP contribution in [0.25, 0.3) is 16.9 Å². The monoisotopic (exact) mass is 634 g/mol. The molecule has 14 nitrogen and oxygen atoms in total.